The predicted molar refractivity (Wildman–Crippen MR) is 154 cm³/mol. The van der Waals surface area contributed by atoms with Crippen LogP contribution in [0, 0.1) is 6.92 Å². The van der Waals surface area contributed by atoms with Crippen LogP contribution in [-0.4, -0.2) is 53.5 Å². The molecule has 1 fully saturated rings. The highest BCUT2D eigenvalue weighted by Gasteiger charge is 2.48. The number of fused-ring (bicyclic) bond motifs is 4. The van der Waals surface area contributed by atoms with Gasteiger partial charge in [-0.2, -0.15) is 0 Å². The van der Waals surface area contributed by atoms with Crippen molar-refractivity contribution >= 4 is 44.5 Å². The van der Waals surface area contributed by atoms with E-state index < -0.39 is 5.60 Å². The van der Waals surface area contributed by atoms with Gasteiger partial charge in [-0.15, -0.1) is 0 Å². The summed E-state index contributed by atoms with van der Waals surface area (Å²) in [7, 11) is 5.98. The maximum atomic E-state index is 13.3. The maximum Gasteiger partial charge on any atom is 0.339 e. The van der Waals surface area contributed by atoms with Crippen molar-refractivity contribution in [1.29, 1.82) is 0 Å². The zero-order valence-corrected chi connectivity index (χ0v) is 22.7. The number of aryl methyl sites for hydroxylation is 2. The van der Waals surface area contributed by atoms with Crippen molar-refractivity contribution in [2.45, 2.75) is 25.4 Å². The Morgan fingerprint density at radius 2 is 1.77 bits per heavy atom. The monoisotopic (exact) mass is 520 g/mol. The number of likely N-dealkylation sites (N-methyl/N-ethyl adjacent to an activating group) is 1. The minimum absolute atomic E-state index is 0.193. The van der Waals surface area contributed by atoms with Crippen molar-refractivity contribution in [1.82, 2.24) is 19.8 Å². The second-order valence-electron chi connectivity index (χ2n) is 10.8. The summed E-state index contributed by atoms with van der Waals surface area (Å²) < 4.78 is 8.23. The van der Waals surface area contributed by atoms with Crippen LogP contribution in [-0.2, 0) is 17.4 Å². The van der Waals surface area contributed by atoms with Gasteiger partial charge >= 0.3 is 5.97 Å². The second kappa shape index (κ2) is 9.50. The lowest BCUT2D eigenvalue weighted by molar-refractivity contribution is 0.0215. The van der Waals surface area contributed by atoms with Gasteiger partial charge in [0.05, 0.1) is 11.1 Å². The number of ether oxygens (including phenoxy) is 1. The van der Waals surface area contributed by atoms with Crippen LogP contribution in [0.25, 0.3) is 32.6 Å². The third-order valence-corrected chi connectivity index (χ3v) is 7.86. The molecular formula is C32H32N4O3. The molecule has 0 bridgehead atoms. The number of rotatable bonds is 7. The van der Waals surface area contributed by atoms with Crippen molar-refractivity contribution in [2.75, 3.05) is 27.2 Å². The van der Waals surface area contributed by atoms with Gasteiger partial charge < -0.3 is 19.5 Å². The highest BCUT2D eigenvalue weighted by atomic mass is 16.6. The topological polar surface area (TPSA) is 76.5 Å². The molecule has 0 aliphatic heterocycles. The number of nitrogens with zero attached hydrogens (tertiary/aromatic N) is 3. The van der Waals surface area contributed by atoms with Gasteiger partial charge in [0.1, 0.15) is 11.3 Å². The van der Waals surface area contributed by atoms with E-state index in [-0.39, 0.29) is 11.9 Å². The summed E-state index contributed by atoms with van der Waals surface area (Å²) in [5.74, 6) is -0.517. The SMILES string of the molecule is Cc1c2ccnc(C(=O)NCCN(C)C)c2cc2c3cc(C(=O)OC4(c5ccccc5)CC4)ccc3n(C)c12. The van der Waals surface area contributed by atoms with Crippen LogP contribution in [0.5, 0.6) is 0 Å². The molecule has 0 radical (unpaired) electrons. The molecule has 1 saturated carbocycles. The number of aromatic nitrogens is 2. The zero-order valence-electron chi connectivity index (χ0n) is 22.7. The fourth-order valence-electron chi connectivity index (χ4n) is 5.62. The second-order valence-corrected chi connectivity index (χ2v) is 10.8. The standard InChI is InChI=1S/C32H32N4O3/c1-20-23-12-15-33-28(30(37)34-16-17-35(2)3)25(23)19-26-24-18-21(10-11-27(24)36(4)29(20)26)31(38)39-32(13-14-32)22-8-6-5-7-9-22/h5-12,15,18-19H,13-14,16-17H2,1-4H3,(H,34,37). The normalized spacial score (nSPS) is 14.3. The lowest BCUT2D eigenvalue weighted by atomic mass is 9.99. The summed E-state index contributed by atoms with van der Waals surface area (Å²) in [5.41, 5.74) is 4.57. The first-order valence-corrected chi connectivity index (χ1v) is 13.3. The van der Waals surface area contributed by atoms with Gasteiger partial charge in [-0.1, -0.05) is 30.3 Å². The van der Waals surface area contributed by atoms with Crippen LogP contribution < -0.4 is 5.32 Å². The largest absolute Gasteiger partial charge is 0.451 e. The number of hydrogen-bond donors (Lipinski definition) is 1. The molecule has 2 aromatic heterocycles. The van der Waals surface area contributed by atoms with Crippen molar-refractivity contribution in [3.8, 4) is 0 Å². The molecule has 7 heteroatoms. The molecule has 1 aliphatic rings. The summed E-state index contributed by atoms with van der Waals surface area (Å²) in [5, 5.41) is 6.69. The number of amides is 1. The Bertz CT molecular complexity index is 1750. The van der Waals surface area contributed by atoms with Crippen molar-refractivity contribution in [3.63, 3.8) is 0 Å². The Morgan fingerprint density at radius 3 is 2.49 bits per heavy atom. The van der Waals surface area contributed by atoms with E-state index >= 15 is 0 Å². The third kappa shape index (κ3) is 4.33. The average molecular weight is 521 g/mol. The number of carbonyl (C=O) groups is 2. The van der Waals surface area contributed by atoms with Gasteiger partial charge in [0, 0.05) is 48.0 Å². The van der Waals surface area contributed by atoms with Crippen LogP contribution in [0.15, 0.2) is 66.9 Å². The van der Waals surface area contributed by atoms with Gasteiger partial charge in [0.25, 0.3) is 5.91 Å². The van der Waals surface area contributed by atoms with Crippen molar-refractivity contribution < 1.29 is 14.3 Å². The predicted octanol–water partition coefficient (Wildman–Crippen LogP) is 5.33. The molecule has 3 aromatic carbocycles. The van der Waals surface area contributed by atoms with Gasteiger partial charge in [-0.3, -0.25) is 9.78 Å². The average Bonchev–Trinajstić information content (AvgIpc) is 3.67. The molecule has 6 rings (SSSR count). The van der Waals surface area contributed by atoms with Crippen LogP contribution >= 0.6 is 0 Å². The Morgan fingerprint density at radius 1 is 1.00 bits per heavy atom. The van der Waals surface area contributed by atoms with Crippen LogP contribution in [0.1, 0.15) is 44.8 Å². The summed E-state index contributed by atoms with van der Waals surface area (Å²) in [6.45, 7) is 3.35. The highest BCUT2D eigenvalue weighted by molar-refractivity contribution is 6.18. The Balaban J connectivity index is 1.42. The molecule has 7 nitrogen and oxygen atoms in total. The zero-order chi connectivity index (χ0) is 27.3. The minimum atomic E-state index is -0.528. The van der Waals surface area contributed by atoms with E-state index in [1.54, 1.807) is 6.20 Å². The van der Waals surface area contributed by atoms with E-state index in [1.807, 2.05) is 86.7 Å². The van der Waals surface area contributed by atoms with E-state index in [0.717, 1.165) is 63.1 Å². The number of pyridine rings is 1. The highest BCUT2D eigenvalue weighted by Crippen LogP contribution is 2.49. The van der Waals surface area contributed by atoms with E-state index in [1.165, 1.54) is 0 Å². The van der Waals surface area contributed by atoms with E-state index in [2.05, 4.69) is 21.8 Å². The van der Waals surface area contributed by atoms with Crippen molar-refractivity contribution in [2.24, 2.45) is 7.05 Å². The molecule has 0 spiro atoms. The lowest BCUT2D eigenvalue weighted by Crippen LogP contribution is -2.31. The van der Waals surface area contributed by atoms with Crippen LogP contribution in [0.2, 0.25) is 0 Å². The first-order chi connectivity index (χ1) is 18.8. The van der Waals surface area contributed by atoms with Crippen LogP contribution in [0.3, 0.4) is 0 Å². The molecule has 0 saturated heterocycles. The molecule has 1 amide bonds. The van der Waals surface area contributed by atoms with Crippen LogP contribution in [0.4, 0.5) is 0 Å². The number of nitrogens with one attached hydrogen (secondary N) is 1. The number of carbonyl (C=O) groups excluding carboxylic acids is 2. The van der Waals surface area contributed by atoms with E-state index in [9.17, 15) is 9.59 Å². The summed E-state index contributed by atoms with van der Waals surface area (Å²) in [4.78, 5) is 32.9. The Hall–Kier alpha value is -4.23. The van der Waals surface area contributed by atoms with E-state index in [0.29, 0.717) is 17.8 Å². The third-order valence-electron chi connectivity index (χ3n) is 7.86. The smallest absolute Gasteiger partial charge is 0.339 e. The lowest BCUT2D eigenvalue weighted by Gasteiger charge is -2.17. The molecule has 198 valence electrons. The molecule has 0 unspecified atom stereocenters. The number of benzene rings is 3. The molecule has 2 heterocycles. The molecule has 39 heavy (non-hydrogen) atoms. The van der Waals surface area contributed by atoms with Gasteiger partial charge in [-0.05, 0) is 80.7 Å². The van der Waals surface area contributed by atoms with Gasteiger partial charge in [0.15, 0.2) is 0 Å². The van der Waals surface area contributed by atoms with Crippen molar-refractivity contribution in [3.05, 3.63) is 89.2 Å². The minimum Gasteiger partial charge on any atom is -0.451 e. The van der Waals surface area contributed by atoms with Gasteiger partial charge in [-0.25, -0.2) is 4.79 Å². The molecule has 0 atom stereocenters. The molecule has 5 aromatic rings. The number of esters is 1. The first kappa shape index (κ1) is 25.1. The molecule has 1 N–H and O–H groups in total. The Kier molecular flexibility index (Phi) is 6.11. The fraction of sp³-hybridized carbons (Fsp3) is 0.281. The molecular weight excluding hydrogens is 488 g/mol. The maximum absolute atomic E-state index is 13.3. The molecule has 1 aliphatic carbocycles. The number of hydrogen-bond acceptors (Lipinski definition) is 5. The summed E-state index contributed by atoms with van der Waals surface area (Å²) in [6, 6.07) is 19.7. The summed E-state index contributed by atoms with van der Waals surface area (Å²) in [6.07, 6.45) is 3.35. The van der Waals surface area contributed by atoms with E-state index in [4.69, 9.17) is 4.74 Å². The summed E-state index contributed by atoms with van der Waals surface area (Å²) >= 11 is 0. The first-order valence-electron chi connectivity index (χ1n) is 13.3. The van der Waals surface area contributed by atoms with Gasteiger partial charge in [0.2, 0.25) is 0 Å². The quantitative estimate of drug-likeness (QED) is 0.294. The fourth-order valence-corrected chi connectivity index (χ4v) is 5.62. The Labute approximate surface area is 227 Å².